The predicted octanol–water partition coefficient (Wildman–Crippen LogP) is 2.31. The van der Waals surface area contributed by atoms with Gasteiger partial charge in [-0.15, -0.1) is 11.8 Å². The molecule has 0 aromatic heterocycles. The lowest BCUT2D eigenvalue weighted by Gasteiger charge is -2.25. The number of esters is 1. The largest absolute Gasteiger partial charge is 0.460 e. The average molecular weight is 530 g/mol. The number of morpholine rings is 1. The number of nitriles is 1. The molecule has 2 fully saturated rings. The Morgan fingerprint density at radius 3 is 2.81 bits per heavy atom. The standard InChI is InChI=1S/C26H35N5O5S/c1-3-12-36-26(34)19(17-27)15-24-31(4-2)25(33)22(37-24)8-9-28-20-6-5-7-21(16-20)29-23(32)18-30-10-13-35-14-11-30/h3,5-7,16,19,22,24,28H,1,4,8-15,18H2,2H3,(H,29,32). The number of benzene rings is 1. The van der Waals surface area contributed by atoms with Crippen LogP contribution >= 0.6 is 11.8 Å². The van der Waals surface area contributed by atoms with Crippen LogP contribution in [0.1, 0.15) is 19.8 Å². The van der Waals surface area contributed by atoms with Gasteiger partial charge in [-0.1, -0.05) is 18.7 Å². The molecule has 2 amide bonds. The molecule has 11 heteroatoms. The smallest absolute Gasteiger partial charge is 0.323 e. The lowest BCUT2D eigenvalue weighted by Crippen LogP contribution is -2.41. The van der Waals surface area contributed by atoms with Crippen molar-refractivity contribution in [3.8, 4) is 6.07 Å². The zero-order chi connectivity index (χ0) is 26.6. The number of nitrogens with one attached hydrogen (secondary N) is 2. The highest BCUT2D eigenvalue weighted by Crippen LogP contribution is 2.37. The maximum absolute atomic E-state index is 12.9. The van der Waals surface area contributed by atoms with E-state index >= 15 is 0 Å². The molecule has 0 saturated carbocycles. The normalized spacial score (nSPS) is 20.6. The highest BCUT2D eigenvalue weighted by Gasteiger charge is 2.41. The molecule has 0 radical (unpaired) electrons. The fraction of sp³-hybridized carbons (Fsp3) is 0.538. The van der Waals surface area contributed by atoms with Crippen molar-refractivity contribution >= 4 is 40.9 Å². The Balaban J connectivity index is 1.48. The molecule has 0 bridgehead atoms. The fourth-order valence-electron chi connectivity index (χ4n) is 4.24. The molecule has 200 valence electrons. The van der Waals surface area contributed by atoms with Gasteiger partial charge in [0.05, 0.1) is 36.5 Å². The van der Waals surface area contributed by atoms with Gasteiger partial charge in [0, 0.05) is 44.0 Å². The summed E-state index contributed by atoms with van der Waals surface area (Å²) >= 11 is 1.49. The maximum atomic E-state index is 12.9. The van der Waals surface area contributed by atoms with Crippen LogP contribution in [0.25, 0.3) is 0 Å². The van der Waals surface area contributed by atoms with E-state index in [2.05, 4.69) is 22.1 Å². The quantitative estimate of drug-likeness (QED) is 0.293. The molecule has 1 aromatic carbocycles. The molecule has 0 spiro atoms. The summed E-state index contributed by atoms with van der Waals surface area (Å²) < 4.78 is 10.3. The van der Waals surface area contributed by atoms with E-state index in [1.54, 1.807) is 4.90 Å². The minimum atomic E-state index is -0.933. The molecular formula is C26H35N5O5S. The Kier molecular flexibility index (Phi) is 11.3. The monoisotopic (exact) mass is 529 g/mol. The Morgan fingerprint density at radius 1 is 1.35 bits per heavy atom. The molecule has 3 unspecified atom stereocenters. The van der Waals surface area contributed by atoms with Crippen LogP contribution in [0.3, 0.4) is 0 Å². The third-order valence-corrected chi connectivity index (χ3v) is 7.67. The number of hydrogen-bond donors (Lipinski definition) is 2. The Bertz CT molecular complexity index is 994. The van der Waals surface area contributed by atoms with E-state index in [0.29, 0.717) is 45.0 Å². The summed E-state index contributed by atoms with van der Waals surface area (Å²) in [5.74, 6) is -1.58. The number of amides is 2. The van der Waals surface area contributed by atoms with Crippen molar-refractivity contribution in [2.75, 3.05) is 63.2 Å². The first kappa shape index (κ1) is 28.5. The van der Waals surface area contributed by atoms with Crippen LogP contribution in [-0.2, 0) is 23.9 Å². The van der Waals surface area contributed by atoms with Gasteiger partial charge in [-0.2, -0.15) is 5.26 Å². The molecule has 2 heterocycles. The number of anilines is 2. The highest BCUT2D eigenvalue weighted by molar-refractivity contribution is 8.01. The van der Waals surface area contributed by atoms with Crippen LogP contribution in [-0.4, -0.2) is 90.8 Å². The van der Waals surface area contributed by atoms with Gasteiger partial charge in [-0.05, 0) is 31.5 Å². The first-order valence-electron chi connectivity index (χ1n) is 12.5. The van der Waals surface area contributed by atoms with Crippen molar-refractivity contribution in [2.24, 2.45) is 5.92 Å². The molecule has 2 saturated heterocycles. The summed E-state index contributed by atoms with van der Waals surface area (Å²) in [6, 6.07) is 9.50. The zero-order valence-corrected chi connectivity index (χ0v) is 22.0. The van der Waals surface area contributed by atoms with Gasteiger partial charge in [-0.25, -0.2) is 0 Å². The van der Waals surface area contributed by atoms with Gasteiger partial charge in [-0.3, -0.25) is 19.3 Å². The van der Waals surface area contributed by atoms with Gasteiger partial charge in [0.1, 0.15) is 12.5 Å². The molecule has 3 rings (SSSR count). The van der Waals surface area contributed by atoms with Crippen LogP contribution in [0, 0.1) is 17.2 Å². The van der Waals surface area contributed by atoms with E-state index in [9.17, 15) is 19.6 Å². The fourth-order valence-corrected chi connectivity index (χ4v) is 5.83. The molecule has 0 aliphatic carbocycles. The van der Waals surface area contributed by atoms with Crippen molar-refractivity contribution < 1.29 is 23.9 Å². The molecular weight excluding hydrogens is 494 g/mol. The number of thioether (sulfide) groups is 1. The van der Waals surface area contributed by atoms with E-state index in [-0.39, 0.29) is 35.5 Å². The predicted molar refractivity (Wildman–Crippen MR) is 143 cm³/mol. The minimum absolute atomic E-state index is 0.0135. The first-order chi connectivity index (χ1) is 17.9. The van der Waals surface area contributed by atoms with Crippen molar-refractivity contribution in [1.29, 1.82) is 5.26 Å². The number of nitrogens with zero attached hydrogens (tertiary/aromatic N) is 3. The summed E-state index contributed by atoms with van der Waals surface area (Å²) in [5.41, 5.74) is 1.55. The Hall–Kier alpha value is -3.07. The average Bonchev–Trinajstić information content (AvgIpc) is 3.20. The van der Waals surface area contributed by atoms with Gasteiger partial charge < -0.3 is 25.0 Å². The van der Waals surface area contributed by atoms with Crippen LogP contribution in [0.4, 0.5) is 11.4 Å². The molecule has 3 atom stereocenters. The first-order valence-corrected chi connectivity index (χ1v) is 13.5. The van der Waals surface area contributed by atoms with Gasteiger partial charge >= 0.3 is 5.97 Å². The number of ether oxygens (including phenoxy) is 2. The van der Waals surface area contributed by atoms with Gasteiger partial charge in [0.25, 0.3) is 0 Å². The number of carbonyl (C=O) groups excluding carboxylic acids is 3. The van der Waals surface area contributed by atoms with Crippen molar-refractivity contribution in [2.45, 2.75) is 30.4 Å². The third kappa shape index (κ3) is 8.49. The van der Waals surface area contributed by atoms with Crippen LogP contribution in [0.15, 0.2) is 36.9 Å². The van der Waals surface area contributed by atoms with Crippen LogP contribution in [0.2, 0.25) is 0 Å². The van der Waals surface area contributed by atoms with E-state index < -0.39 is 11.9 Å². The zero-order valence-electron chi connectivity index (χ0n) is 21.2. The van der Waals surface area contributed by atoms with E-state index in [4.69, 9.17) is 9.47 Å². The topological polar surface area (TPSA) is 124 Å². The molecule has 2 aliphatic heterocycles. The second-order valence-corrected chi connectivity index (χ2v) is 10.2. The van der Waals surface area contributed by atoms with E-state index in [0.717, 1.165) is 18.8 Å². The summed E-state index contributed by atoms with van der Waals surface area (Å²) in [6.07, 6.45) is 2.27. The van der Waals surface area contributed by atoms with Gasteiger partial charge in [0.2, 0.25) is 11.8 Å². The van der Waals surface area contributed by atoms with Crippen molar-refractivity contribution in [1.82, 2.24) is 9.80 Å². The molecule has 10 nitrogen and oxygen atoms in total. The SMILES string of the molecule is C=CCOC(=O)C(C#N)CC1SC(CCNc2cccc(NC(=O)CN3CCOCC3)c2)C(=O)N1CC. The lowest BCUT2D eigenvalue weighted by molar-refractivity contribution is -0.146. The van der Waals surface area contributed by atoms with E-state index in [1.165, 1.54) is 17.8 Å². The molecule has 2 aliphatic rings. The molecule has 37 heavy (non-hydrogen) atoms. The molecule has 1 aromatic rings. The second-order valence-electron chi connectivity index (χ2n) is 8.77. The summed E-state index contributed by atoms with van der Waals surface area (Å²) in [6.45, 7) is 9.64. The number of hydrogen-bond acceptors (Lipinski definition) is 9. The summed E-state index contributed by atoms with van der Waals surface area (Å²) in [7, 11) is 0. The van der Waals surface area contributed by atoms with Crippen molar-refractivity contribution in [3.05, 3.63) is 36.9 Å². The van der Waals surface area contributed by atoms with Gasteiger partial charge in [0.15, 0.2) is 0 Å². The van der Waals surface area contributed by atoms with Crippen LogP contribution < -0.4 is 10.6 Å². The summed E-state index contributed by atoms with van der Waals surface area (Å²) in [4.78, 5) is 41.3. The second kappa shape index (κ2) is 14.6. The maximum Gasteiger partial charge on any atom is 0.323 e. The van der Waals surface area contributed by atoms with Crippen molar-refractivity contribution in [3.63, 3.8) is 0 Å². The summed E-state index contributed by atoms with van der Waals surface area (Å²) in [5, 5.41) is 15.2. The highest BCUT2D eigenvalue weighted by atomic mass is 32.2. The number of rotatable bonds is 13. The minimum Gasteiger partial charge on any atom is -0.460 e. The Labute approximate surface area is 222 Å². The lowest BCUT2D eigenvalue weighted by atomic mass is 10.1. The van der Waals surface area contributed by atoms with Crippen LogP contribution in [0.5, 0.6) is 0 Å². The molecule has 2 N–H and O–H groups in total. The number of carbonyl (C=O) groups is 3. The Morgan fingerprint density at radius 2 is 2.11 bits per heavy atom. The van der Waals surface area contributed by atoms with E-state index in [1.807, 2.05) is 37.3 Å². The third-order valence-electron chi connectivity index (χ3n) is 6.14.